The Morgan fingerprint density at radius 2 is 1.94 bits per heavy atom. The molecule has 1 aromatic carbocycles. The lowest BCUT2D eigenvalue weighted by Crippen LogP contribution is -2.27. The number of benzene rings is 1. The van der Waals surface area contributed by atoms with Crippen molar-refractivity contribution in [2.24, 2.45) is 16.8 Å². The Morgan fingerprint density at radius 3 is 2.63 bits per heavy atom. The quantitative estimate of drug-likeness (QED) is 0.499. The summed E-state index contributed by atoms with van der Waals surface area (Å²) in [5.41, 5.74) is 2.22. The van der Waals surface area contributed by atoms with Crippen molar-refractivity contribution in [2.45, 2.75) is 58.5 Å². The molecule has 0 radical (unpaired) electrons. The molecule has 35 heavy (non-hydrogen) atoms. The Kier molecular flexibility index (Phi) is 7.23. The molecule has 0 saturated carbocycles. The van der Waals surface area contributed by atoms with E-state index < -0.39 is 23.3 Å². The Bertz CT molecular complexity index is 1160. The molecule has 2 aromatic rings. The van der Waals surface area contributed by atoms with E-state index in [0.29, 0.717) is 24.4 Å². The normalized spacial score (nSPS) is 18.0. The predicted molar refractivity (Wildman–Crippen MR) is 126 cm³/mol. The second kappa shape index (κ2) is 10.2. The second-order valence-corrected chi connectivity index (χ2v) is 9.42. The van der Waals surface area contributed by atoms with Crippen molar-refractivity contribution in [1.82, 2.24) is 15.1 Å². The molecule has 0 saturated heterocycles. The molecule has 1 aliphatic heterocycles. The third kappa shape index (κ3) is 5.71. The van der Waals surface area contributed by atoms with Crippen LogP contribution in [0.25, 0.3) is 5.69 Å². The lowest BCUT2D eigenvalue weighted by Gasteiger charge is -2.21. The van der Waals surface area contributed by atoms with E-state index in [1.165, 1.54) is 11.3 Å². The molecule has 1 aromatic heterocycles. The van der Waals surface area contributed by atoms with Crippen LogP contribution < -0.4 is 5.32 Å². The van der Waals surface area contributed by atoms with Crippen LogP contribution in [0.3, 0.4) is 0 Å². The van der Waals surface area contributed by atoms with Crippen molar-refractivity contribution >= 4 is 17.4 Å². The van der Waals surface area contributed by atoms with Crippen molar-refractivity contribution < 1.29 is 22.8 Å². The highest BCUT2D eigenvalue weighted by molar-refractivity contribution is 5.95. The van der Waals surface area contributed by atoms with Crippen molar-refractivity contribution in [3.05, 3.63) is 59.1 Å². The topological polar surface area (TPSA) is 76.3 Å². The molecule has 186 valence electrons. The number of rotatable bonds is 8. The number of allylic oxidation sites excluding steroid dienone is 2. The van der Waals surface area contributed by atoms with E-state index >= 15 is 0 Å². The SMILES string of the molecule is CC(C)C1=NC2=C(CCC(C(=O)CCCNC(=O)c3cn(-c4ccccc4)nc3C(F)(F)F)C2)C1. The van der Waals surface area contributed by atoms with Crippen LogP contribution >= 0.6 is 0 Å². The summed E-state index contributed by atoms with van der Waals surface area (Å²) in [6, 6.07) is 8.29. The molecule has 1 N–H and O–H groups in total. The number of nitrogens with zero attached hydrogens (tertiary/aromatic N) is 3. The molecule has 0 fully saturated rings. The first-order chi connectivity index (χ1) is 16.6. The van der Waals surface area contributed by atoms with Crippen molar-refractivity contribution in [3.63, 3.8) is 0 Å². The minimum Gasteiger partial charge on any atom is -0.352 e. The van der Waals surface area contributed by atoms with E-state index in [2.05, 4.69) is 24.3 Å². The Balaban J connectivity index is 1.31. The fourth-order valence-corrected chi connectivity index (χ4v) is 4.55. The van der Waals surface area contributed by atoms with Crippen LogP contribution in [0.2, 0.25) is 0 Å². The number of Topliss-reactive ketones (excluding diaryl/α,β-unsaturated/α-hetero) is 1. The third-order valence-corrected chi connectivity index (χ3v) is 6.57. The largest absolute Gasteiger partial charge is 0.435 e. The van der Waals surface area contributed by atoms with Gasteiger partial charge in [-0.3, -0.25) is 14.6 Å². The molecular formula is C26H29F3N4O2. The number of hydrogen-bond acceptors (Lipinski definition) is 4. The van der Waals surface area contributed by atoms with Crippen LogP contribution in [-0.4, -0.2) is 33.7 Å². The standard InChI is InChI=1S/C26H29F3N4O2/c1-16(2)21-13-17-10-11-18(14-22(17)31-21)23(34)9-6-12-30-25(35)20-15-33(19-7-4-3-5-8-19)32-24(20)26(27,28)29/h3-5,7-8,15-16,18H,6,9-14H2,1-2H3,(H,30,35). The molecule has 1 amide bonds. The van der Waals surface area contributed by atoms with E-state index in [1.807, 2.05) is 0 Å². The van der Waals surface area contributed by atoms with Crippen LogP contribution in [0.1, 0.15) is 68.4 Å². The minimum atomic E-state index is -4.77. The number of hydrogen-bond donors (Lipinski definition) is 1. The monoisotopic (exact) mass is 486 g/mol. The summed E-state index contributed by atoms with van der Waals surface area (Å²) in [6.07, 6.45) is 0.206. The number of para-hydroxylation sites is 1. The zero-order valence-electron chi connectivity index (χ0n) is 19.9. The first-order valence-electron chi connectivity index (χ1n) is 11.9. The molecule has 4 rings (SSSR count). The van der Waals surface area contributed by atoms with Crippen LogP contribution in [0.5, 0.6) is 0 Å². The fourth-order valence-electron chi connectivity index (χ4n) is 4.55. The number of carbonyl (C=O) groups excluding carboxylic acids is 2. The van der Waals surface area contributed by atoms with Gasteiger partial charge in [-0.25, -0.2) is 4.68 Å². The second-order valence-electron chi connectivity index (χ2n) is 9.42. The highest BCUT2D eigenvalue weighted by atomic mass is 19.4. The average Bonchev–Trinajstić information content (AvgIpc) is 3.47. The van der Waals surface area contributed by atoms with Crippen molar-refractivity contribution in [1.29, 1.82) is 0 Å². The summed E-state index contributed by atoms with van der Waals surface area (Å²) >= 11 is 0. The van der Waals surface area contributed by atoms with Crippen LogP contribution in [0, 0.1) is 11.8 Å². The van der Waals surface area contributed by atoms with Crippen LogP contribution in [0.4, 0.5) is 13.2 Å². The summed E-state index contributed by atoms with van der Waals surface area (Å²) in [7, 11) is 0. The van der Waals surface area contributed by atoms with Crippen LogP contribution in [-0.2, 0) is 11.0 Å². The molecule has 1 aliphatic carbocycles. The van der Waals surface area contributed by atoms with E-state index in [9.17, 15) is 22.8 Å². The zero-order chi connectivity index (χ0) is 25.2. The van der Waals surface area contributed by atoms with Gasteiger partial charge in [0.25, 0.3) is 5.91 Å². The van der Waals surface area contributed by atoms with Gasteiger partial charge in [0.15, 0.2) is 5.69 Å². The summed E-state index contributed by atoms with van der Waals surface area (Å²) < 4.78 is 41.5. The van der Waals surface area contributed by atoms with Gasteiger partial charge in [-0.15, -0.1) is 0 Å². The summed E-state index contributed by atoms with van der Waals surface area (Å²) in [5.74, 6) is -0.426. The van der Waals surface area contributed by atoms with E-state index in [4.69, 9.17) is 4.99 Å². The number of alkyl halides is 3. The van der Waals surface area contributed by atoms with Crippen molar-refractivity contribution in [2.75, 3.05) is 6.54 Å². The number of aliphatic imine (C=N–C) groups is 1. The molecule has 9 heteroatoms. The van der Waals surface area contributed by atoms with Gasteiger partial charge in [0.1, 0.15) is 5.78 Å². The molecular weight excluding hydrogens is 457 g/mol. The maximum Gasteiger partial charge on any atom is 0.435 e. The molecule has 6 nitrogen and oxygen atoms in total. The minimum absolute atomic E-state index is 0.0827. The molecule has 1 atom stereocenters. The van der Waals surface area contributed by atoms with Gasteiger partial charge in [-0.2, -0.15) is 18.3 Å². The fraction of sp³-hybridized carbons (Fsp3) is 0.462. The van der Waals surface area contributed by atoms with Gasteiger partial charge in [0, 0.05) is 42.9 Å². The average molecular weight is 487 g/mol. The Morgan fingerprint density at radius 1 is 1.20 bits per heavy atom. The number of nitrogens with one attached hydrogen (secondary N) is 1. The number of aromatic nitrogens is 2. The Labute approximate surface area is 202 Å². The van der Waals surface area contributed by atoms with Gasteiger partial charge < -0.3 is 5.32 Å². The molecule has 0 bridgehead atoms. The molecule has 2 heterocycles. The highest BCUT2D eigenvalue weighted by Gasteiger charge is 2.39. The van der Waals surface area contributed by atoms with Gasteiger partial charge >= 0.3 is 6.18 Å². The number of halogens is 3. The number of carbonyl (C=O) groups is 2. The molecule has 1 unspecified atom stereocenters. The Hall–Kier alpha value is -3.23. The summed E-state index contributed by atoms with van der Waals surface area (Å²) in [5, 5.41) is 6.11. The first kappa shape index (κ1) is 24.9. The van der Waals surface area contributed by atoms with E-state index in [1.54, 1.807) is 30.3 Å². The predicted octanol–water partition coefficient (Wildman–Crippen LogP) is 5.53. The third-order valence-electron chi connectivity index (χ3n) is 6.57. The van der Waals surface area contributed by atoms with Crippen molar-refractivity contribution in [3.8, 4) is 5.69 Å². The summed E-state index contributed by atoms with van der Waals surface area (Å²) in [6.45, 7) is 4.35. The zero-order valence-corrected chi connectivity index (χ0v) is 19.9. The summed E-state index contributed by atoms with van der Waals surface area (Å²) in [4.78, 5) is 30.0. The lowest BCUT2D eigenvalue weighted by atomic mass is 9.83. The highest BCUT2D eigenvalue weighted by Crippen LogP contribution is 2.38. The maximum absolute atomic E-state index is 13.5. The number of ketones is 1. The van der Waals surface area contributed by atoms with E-state index in [0.717, 1.165) is 35.8 Å². The van der Waals surface area contributed by atoms with E-state index in [-0.39, 0.29) is 24.7 Å². The van der Waals surface area contributed by atoms with Gasteiger partial charge in [0.2, 0.25) is 0 Å². The maximum atomic E-state index is 13.5. The molecule has 2 aliphatic rings. The molecule has 0 spiro atoms. The van der Waals surface area contributed by atoms with Crippen LogP contribution in [0.15, 0.2) is 52.8 Å². The lowest BCUT2D eigenvalue weighted by molar-refractivity contribution is -0.141. The number of amides is 1. The van der Waals surface area contributed by atoms with Gasteiger partial charge in [0.05, 0.1) is 11.3 Å². The van der Waals surface area contributed by atoms with Gasteiger partial charge in [-0.05, 0) is 49.3 Å². The smallest absolute Gasteiger partial charge is 0.352 e. The van der Waals surface area contributed by atoms with Gasteiger partial charge in [-0.1, -0.05) is 32.0 Å². The first-order valence-corrected chi connectivity index (χ1v) is 11.9.